The average Bonchev–Trinajstić information content (AvgIpc) is 3.11. The van der Waals surface area contributed by atoms with Crippen molar-refractivity contribution < 1.29 is 14.6 Å². The average molecular weight is 279 g/mol. The Labute approximate surface area is 118 Å². The standard InChI is InChI=1S/C14H21N3O3/c1-20-5-4-12-13(14(18)19)15-16-17(12)8-11-7-9-2-3-10(11)6-9/h9-11H,2-8H2,1H3,(H,18,19). The minimum Gasteiger partial charge on any atom is -0.476 e. The zero-order valence-electron chi connectivity index (χ0n) is 11.8. The van der Waals surface area contributed by atoms with Gasteiger partial charge in [0.15, 0.2) is 5.69 Å². The van der Waals surface area contributed by atoms with Crippen LogP contribution in [0.1, 0.15) is 41.9 Å². The van der Waals surface area contributed by atoms with E-state index in [1.54, 1.807) is 11.8 Å². The van der Waals surface area contributed by atoms with E-state index in [9.17, 15) is 9.90 Å². The second-order valence-corrected chi connectivity index (χ2v) is 6.05. The fraction of sp³-hybridized carbons (Fsp3) is 0.786. The van der Waals surface area contributed by atoms with Gasteiger partial charge in [-0.15, -0.1) is 5.10 Å². The van der Waals surface area contributed by atoms with Crippen molar-refractivity contribution in [1.29, 1.82) is 0 Å². The van der Waals surface area contributed by atoms with Crippen molar-refractivity contribution in [2.75, 3.05) is 13.7 Å². The zero-order valence-corrected chi connectivity index (χ0v) is 11.8. The highest BCUT2D eigenvalue weighted by Crippen LogP contribution is 2.48. The summed E-state index contributed by atoms with van der Waals surface area (Å²) in [7, 11) is 1.62. The van der Waals surface area contributed by atoms with Crippen LogP contribution in [0, 0.1) is 17.8 Å². The zero-order chi connectivity index (χ0) is 14.1. The first-order valence-corrected chi connectivity index (χ1v) is 7.33. The number of carboxylic acids is 1. The fourth-order valence-corrected chi connectivity index (χ4v) is 3.91. The first-order chi connectivity index (χ1) is 9.69. The number of nitrogens with zero attached hydrogens (tertiary/aromatic N) is 3. The fourth-order valence-electron chi connectivity index (χ4n) is 3.91. The summed E-state index contributed by atoms with van der Waals surface area (Å²) in [6, 6.07) is 0. The summed E-state index contributed by atoms with van der Waals surface area (Å²) in [5.41, 5.74) is 0.771. The Morgan fingerprint density at radius 1 is 1.45 bits per heavy atom. The van der Waals surface area contributed by atoms with Crippen LogP contribution in [0.2, 0.25) is 0 Å². The largest absolute Gasteiger partial charge is 0.476 e. The van der Waals surface area contributed by atoms with Gasteiger partial charge in [-0.2, -0.15) is 0 Å². The molecule has 2 saturated carbocycles. The number of ether oxygens (including phenoxy) is 1. The van der Waals surface area contributed by atoms with Crippen LogP contribution in [0.5, 0.6) is 0 Å². The van der Waals surface area contributed by atoms with E-state index in [0.29, 0.717) is 24.6 Å². The molecule has 2 aliphatic rings. The van der Waals surface area contributed by atoms with E-state index in [1.165, 1.54) is 25.7 Å². The molecule has 0 saturated heterocycles. The highest BCUT2D eigenvalue weighted by Gasteiger charge is 2.40. The highest BCUT2D eigenvalue weighted by atomic mass is 16.5. The second-order valence-electron chi connectivity index (χ2n) is 6.05. The number of rotatable bonds is 6. The van der Waals surface area contributed by atoms with Gasteiger partial charge in [0.2, 0.25) is 0 Å². The predicted octanol–water partition coefficient (Wildman–Crippen LogP) is 1.60. The predicted molar refractivity (Wildman–Crippen MR) is 71.5 cm³/mol. The Morgan fingerprint density at radius 3 is 2.90 bits per heavy atom. The quantitative estimate of drug-likeness (QED) is 0.856. The van der Waals surface area contributed by atoms with Gasteiger partial charge in [0.05, 0.1) is 12.3 Å². The molecule has 3 rings (SSSR count). The molecule has 2 fully saturated rings. The summed E-state index contributed by atoms with van der Waals surface area (Å²) in [6.07, 6.45) is 5.85. The van der Waals surface area contributed by atoms with Gasteiger partial charge in [0, 0.05) is 20.1 Å². The summed E-state index contributed by atoms with van der Waals surface area (Å²) >= 11 is 0. The van der Waals surface area contributed by atoms with Gasteiger partial charge in [0.1, 0.15) is 0 Å². The third-order valence-electron chi connectivity index (χ3n) is 4.88. The van der Waals surface area contributed by atoms with Gasteiger partial charge in [-0.25, -0.2) is 9.48 Å². The van der Waals surface area contributed by atoms with Gasteiger partial charge in [-0.05, 0) is 37.0 Å². The molecule has 1 N–H and O–H groups in total. The molecule has 2 aliphatic carbocycles. The topological polar surface area (TPSA) is 77.2 Å². The molecule has 3 unspecified atom stereocenters. The molecule has 0 aromatic carbocycles. The van der Waals surface area contributed by atoms with Crippen LogP contribution in [0.15, 0.2) is 0 Å². The van der Waals surface area contributed by atoms with Crippen LogP contribution in [-0.4, -0.2) is 39.8 Å². The molecule has 0 radical (unpaired) electrons. The SMILES string of the molecule is COCCc1c(C(=O)O)nnn1CC1CC2CCC1C2. The molecular formula is C14H21N3O3. The number of methoxy groups -OCH3 is 1. The molecule has 2 bridgehead atoms. The van der Waals surface area contributed by atoms with Gasteiger partial charge >= 0.3 is 5.97 Å². The molecule has 1 aromatic rings. The van der Waals surface area contributed by atoms with E-state index in [-0.39, 0.29) is 5.69 Å². The number of aromatic carboxylic acids is 1. The third kappa shape index (κ3) is 2.44. The van der Waals surface area contributed by atoms with Crippen molar-refractivity contribution in [3.05, 3.63) is 11.4 Å². The highest BCUT2D eigenvalue weighted by molar-refractivity contribution is 5.86. The minimum atomic E-state index is -1.00. The first-order valence-electron chi connectivity index (χ1n) is 7.33. The summed E-state index contributed by atoms with van der Waals surface area (Å²) in [6.45, 7) is 1.30. The van der Waals surface area contributed by atoms with Crippen LogP contribution in [0.25, 0.3) is 0 Å². The van der Waals surface area contributed by atoms with E-state index >= 15 is 0 Å². The number of carbonyl (C=O) groups is 1. The molecule has 0 aliphatic heterocycles. The molecule has 110 valence electrons. The second kappa shape index (κ2) is 5.52. The third-order valence-corrected chi connectivity index (χ3v) is 4.88. The smallest absolute Gasteiger partial charge is 0.358 e. The van der Waals surface area contributed by atoms with Crippen molar-refractivity contribution in [3.63, 3.8) is 0 Å². The van der Waals surface area contributed by atoms with Crippen molar-refractivity contribution in [1.82, 2.24) is 15.0 Å². The van der Waals surface area contributed by atoms with Gasteiger partial charge in [0.25, 0.3) is 0 Å². The molecule has 6 nitrogen and oxygen atoms in total. The maximum absolute atomic E-state index is 11.2. The van der Waals surface area contributed by atoms with Gasteiger partial charge in [-0.3, -0.25) is 0 Å². The van der Waals surface area contributed by atoms with Crippen molar-refractivity contribution >= 4 is 5.97 Å². The van der Waals surface area contributed by atoms with Crippen LogP contribution >= 0.6 is 0 Å². The Bertz CT molecular complexity index is 500. The van der Waals surface area contributed by atoms with E-state index in [2.05, 4.69) is 10.3 Å². The number of hydrogen-bond donors (Lipinski definition) is 1. The summed E-state index contributed by atoms with van der Waals surface area (Å²) < 4.78 is 6.86. The van der Waals surface area contributed by atoms with Crippen molar-refractivity contribution in [3.8, 4) is 0 Å². The Morgan fingerprint density at radius 2 is 2.30 bits per heavy atom. The van der Waals surface area contributed by atoms with E-state index in [0.717, 1.165) is 18.4 Å². The van der Waals surface area contributed by atoms with E-state index < -0.39 is 5.97 Å². The van der Waals surface area contributed by atoms with Crippen LogP contribution < -0.4 is 0 Å². The summed E-state index contributed by atoms with van der Waals surface area (Å²) in [5, 5.41) is 17.1. The lowest BCUT2D eigenvalue weighted by Crippen LogP contribution is -2.20. The number of carboxylic acid groups (broad SMARTS) is 1. The molecule has 20 heavy (non-hydrogen) atoms. The maximum Gasteiger partial charge on any atom is 0.358 e. The van der Waals surface area contributed by atoms with Gasteiger partial charge < -0.3 is 9.84 Å². The molecule has 3 atom stereocenters. The number of fused-ring (bicyclic) bond motifs is 2. The molecule has 0 spiro atoms. The lowest BCUT2D eigenvalue weighted by Gasteiger charge is -2.22. The Balaban J connectivity index is 1.76. The van der Waals surface area contributed by atoms with Gasteiger partial charge in [-0.1, -0.05) is 11.6 Å². The summed E-state index contributed by atoms with van der Waals surface area (Å²) in [4.78, 5) is 11.2. The van der Waals surface area contributed by atoms with Crippen molar-refractivity contribution in [2.45, 2.75) is 38.6 Å². The Kier molecular flexibility index (Phi) is 3.74. The molecule has 6 heteroatoms. The minimum absolute atomic E-state index is 0.0743. The van der Waals surface area contributed by atoms with Crippen LogP contribution in [-0.2, 0) is 17.7 Å². The molecule has 0 amide bonds. The number of aromatic nitrogens is 3. The summed E-state index contributed by atoms with van der Waals surface area (Å²) in [5.74, 6) is 1.32. The lowest BCUT2D eigenvalue weighted by molar-refractivity contribution is 0.0688. The van der Waals surface area contributed by atoms with Crippen LogP contribution in [0.3, 0.4) is 0 Å². The Hall–Kier alpha value is -1.43. The monoisotopic (exact) mass is 279 g/mol. The molecule has 1 aromatic heterocycles. The molecule has 1 heterocycles. The first kappa shape index (κ1) is 13.5. The molecular weight excluding hydrogens is 258 g/mol. The lowest BCUT2D eigenvalue weighted by atomic mass is 9.89. The number of hydrogen-bond acceptors (Lipinski definition) is 4. The van der Waals surface area contributed by atoms with E-state index in [1.807, 2.05) is 0 Å². The van der Waals surface area contributed by atoms with E-state index in [4.69, 9.17) is 4.74 Å². The maximum atomic E-state index is 11.2. The van der Waals surface area contributed by atoms with Crippen LogP contribution in [0.4, 0.5) is 0 Å². The van der Waals surface area contributed by atoms with Crippen molar-refractivity contribution in [2.24, 2.45) is 17.8 Å². The normalized spacial score (nSPS) is 28.1.